The minimum absolute atomic E-state index is 0.349. The molecule has 3 rings (SSSR count). The van der Waals surface area contributed by atoms with Crippen molar-refractivity contribution in [2.24, 2.45) is 0 Å². The van der Waals surface area contributed by atoms with Crippen LogP contribution in [-0.2, 0) is 4.74 Å². The third-order valence-corrected chi connectivity index (χ3v) is 3.39. The molecule has 0 spiro atoms. The van der Waals surface area contributed by atoms with Gasteiger partial charge in [-0.3, -0.25) is 4.98 Å². The van der Waals surface area contributed by atoms with Gasteiger partial charge in [-0.1, -0.05) is 18.2 Å². The molecule has 0 aliphatic rings. The van der Waals surface area contributed by atoms with E-state index in [0.717, 1.165) is 10.9 Å². The van der Waals surface area contributed by atoms with Crippen LogP contribution in [0.25, 0.3) is 10.9 Å². The van der Waals surface area contributed by atoms with Crippen molar-refractivity contribution >= 4 is 34.3 Å². The predicted molar refractivity (Wildman–Crippen MR) is 92.2 cm³/mol. The Morgan fingerprint density at radius 3 is 2.46 bits per heavy atom. The van der Waals surface area contributed by atoms with E-state index in [1.807, 2.05) is 18.2 Å². The molecule has 0 aliphatic carbocycles. The molecule has 0 radical (unpaired) electrons. The molecule has 24 heavy (non-hydrogen) atoms. The number of esters is 1. The molecule has 0 bridgehead atoms. The summed E-state index contributed by atoms with van der Waals surface area (Å²) in [6.45, 7) is 0. The van der Waals surface area contributed by atoms with Crippen molar-refractivity contribution in [2.45, 2.75) is 0 Å². The highest BCUT2D eigenvalue weighted by molar-refractivity contribution is 6.01. The lowest BCUT2D eigenvalue weighted by Crippen LogP contribution is -2.19. The molecule has 6 heteroatoms. The van der Waals surface area contributed by atoms with E-state index in [4.69, 9.17) is 0 Å². The van der Waals surface area contributed by atoms with E-state index >= 15 is 0 Å². The Hall–Kier alpha value is -3.41. The van der Waals surface area contributed by atoms with Crippen molar-refractivity contribution in [1.82, 2.24) is 4.98 Å². The van der Waals surface area contributed by atoms with Crippen molar-refractivity contribution in [3.8, 4) is 0 Å². The number of carbonyl (C=O) groups is 2. The summed E-state index contributed by atoms with van der Waals surface area (Å²) in [7, 11) is 1.32. The number of hydrogen-bond acceptors (Lipinski definition) is 4. The molecule has 0 saturated carbocycles. The van der Waals surface area contributed by atoms with Crippen molar-refractivity contribution in [3.05, 3.63) is 66.4 Å². The average molecular weight is 321 g/mol. The number of aromatic nitrogens is 1. The highest BCUT2D eigenvalue weighted by Crippen LogP contribution is 2.19. The second-order valence-corrected chi connectivity index (χ2v) is 5.07. The van der Waals surface area contributed by atoms with Crippen LogP contribution in [0.15, 0.2) is 60.8 Å². The summed E-state index contributed by atoms with van der Waals surface area (Å²) in [6, 6.07) is 15.7. The number of anilines is 2. The number of amides is 2. The Bertz CT molecular complexity index is 894. The molecule has 2 aromatic carbocycles. The second kappa shape index (κ2) is 6.78. The van der Waals surface area contributed by atoms with Gasteiger partial charge >= 0.3 is 12.0 Å². The van der Waals surface area contributed by atoms with Crippen LogP contribution in [0.1, 0.15) is 10.4 Å². The van der Waals surface area contributed by atoms with E-state index in [9.17, 15) is 9.59 Å². The fourth-order valence-electron chi connectivity index (χ4n) is 2.25. The summed E-state index contributed by atoms with van der Waals surface area (Å²) in [5, 5.41) is 6.22. The lowest BCUT2D eigenvalue weighted by Gasteiger charge is -2.08. The van der Waals surface area contributed by atoms with Gasteiger partial charge < -0.3 is 15.4 Å². The molecule has 0 aliphatic heterocycles. The molecule has 6 nitrogen and oxygen atoms in total. The standard InChI is InChI=1S/C18H15N3O3/c1-24-17(22)13-9-12-10-15(7-8-16(12)19-11-13)21-18(23)20-14-5-3-2-4-6-14/h2-11H,1H3,(H2,20,21,23). The lowest BCUT2D eigenvalue weighted by atomic mass is 10.1. The zero-order valence-electron chi connectivity index (χ0n) is 12.9. The number of benzene rings is 2. The number of carbonyl (C=O) groups excluding carboxylic acids is 2. The highest BCUT2D eigenvalue weighted by atomic mass is 16.5. The van der Waals surface area contributed by atoms with Gasteiger partial charge in [-0.2, -0.15) is 0 Å². The second-order valence-electron chi connectivity index (χ2n) is 5.07. The first-order valence-electron chi connectivity index (χ1n) is 7.27. The molecule has 120 valence electrons. The number of para-hydroxylation sites is 1. The Labute approximate surface area is 138 Å². The van der Waals surface area contributed by atoms with E-state index in [1.54, 1.807) is 36.4 Å². The number of methoxy groups -OCH3 is 1. The fraction of sp³-hybridized carbons (Fsp3) is 0.0556. The largest absolute Gasteiger partial charge is 0.465 e. The van der Waals surface area contributed by atoms with E-state index in [-0.39, 0.29) is 6.03 Å². The monoisotopic (exact) mass is 321 g/mol. The number of nitrogens with zero attached hydrogens (tertiary/aromatic N) is 1. The first-order valence-corrected chi connectivity index (χ1v) is 7.27. The fourth-order valence-corrected chi connectivity index (χ4v) is 2.25. The molecule has 0 fully saturated rings. The number of rotatable bonds is 3. The SMILES string of the molecule is COC(=O)c1cnc2ccc(NC(=O)Nc3ccccc3)cc2c1. The van der Waals surface area contributed by atoms with Gasteiger partial charge in [-0.05, 0) is 36.4 Å². The topological polar surface area (TPSA) is 80.3 Å². The van der Waals surface area contributed by atoms with Gasteiger partial charge in [0, 0.05) is 23.0 Å². The predicted octanol–water partition coefficient (Wildman–Crippen LogP) is 3.67. The summed E-state index contributed by atoms with van der Waals surface area (Å²) in [5.74, 6) is -0.454. The highest BCUT2D eigenvalue weighted by Gasteiger charge is 2.08. The number of pyridine rings is 1. The molecule has 0 saturated heterocycles. The van der Waals surface area contributed by atoms with Crippen LogP contribution in [0.5, 0.6) is 0 Å². The molecular formula is C18H15N3O3. The molecule has 0 unspecified atom stereocenters. The van der Waals surface area contributed by atoms with Gasteiger partial charge in [0.1, 0.15) is 0 Å². The Balaban J connectivity index is 1.79. The maximum absolute atomic E-state index is 12.0. The molecule has 2 N–H and O–H groups in total. The quantitative estimate of drug-likeness (QED) is 0.721. The van der Waals surface area contributed by atoms with Crippen LogP contribution < -0.4 is 10.6 Å². The summed E-state index contributed by atoms with van der Waals surface area (Å²) in [5.41, 5.74) is 2.37. The first kappa shape index (κ1) is 15.5. The molecule has 0 atom stereocenters. The summed E-state index contributed by atoms with van der Waals surface area (Å²) >= 11 is 0. The molecule has 1 heterocycles. The number of hydrogen-bond donors (Lipinski definition) is 2. The van der Waals surface area contributed by atoms with Crippen molar-refractivity contribution in [1.29, 1.82) is 0 Å². The summed E-state index contributed by atoms with van der Waals surface area (Å²) in [6.07, 6.45) is 1.46. The maximum Gasteiger partial charge on any atom is 0.339 e. The van der Waals surface area contributed by atoms with E-state index in [1.165, 1.54) is 13.3 Å². The van der Waals surface area contributed by atoms with Gasteiger partial charge in [0.25, 0.3) is 0 Å². The van der Waals surface area contributed by atoms with Crippen molar-refractivity contribution in [2.75, 3.05) is 17.7 Å². The van der Waals surface area contributed by atoms with E-state index < -0.39 is 5.97 Å². The van der Waals surface area contributed by atoms with Crippen LogP contribution in [0.3, 0.4) is 0 Å². The minimum atomic E-state index is -0.454. The Morgan fingerprint density at radius 1 is 0.958 bits per heavy atom. The maximum atomic E-state index is 12.0. The van der Waals surface area contributed by atoms with Crippen LogP contribution in [0, 0.1) is 0 Å². The van der Waals surface area contributed by atoms with Gasteiger partial charge in [0.2, 0.25) is 0 Å². The van der Waals surface area contributed by atoms with Gasteiger partial charge in [-0.15, -0.1) is 0 Å². The lowest BCUT2D eigenvalue weighted by molar-refractivity contribution is 0.0600. The molecule has 2 amide bonds. The molecular weight excluding hydrogens is 306 g/mol. The number of urea groups is 1. The third kappa shape index (κ3) is 3.49. The Kier molecular flexibility index (Phi) is 4.38. The van der Waals surface area contributed by atoms with Crippen LogP contribution in [0.2, 0.25) is 0 Å². The first-order chi connectivity index (χ1) is 11.7. The van der Waals surface area contributed by atoms with Gasteiger partial charge in [-0.25, -0.2) is 9.59 Å². The minimum Gasteiger partial charge on any atom is -0.465 e. The molecule has 3 aromatic rings. The van der Waals surface area contributed by atoms with Crippen molar-refractivity contribution in [3.63, 3.8) is 0 Å². The van der Waals surface area contributed by atoms with Crippen molar-refractivity contribution < 1.29 is 14.3 Å². The molecule has 1 aromatic heterocycles. The Morgan fingerprint density at radius 2 is 1.71 bits per heavy atom. The van der Waals surface area contributed by atoms with E-state index in [2.05, 4.69) is 20.4 Å². The number of ether oxygens (including phenoxy) is 1. The third-order valence-electron chi connectivity index (χ3n) is 3.39. The zero-order valence-corrected chi connectivity index (χ0v) is 12.9. The number of nitrogens with one attached hydrogen (secondary N) is 2. The zero-order chi connectivity index (χ0) is 16.9. The van der Waals surface area contributed by atoms with Crippen LogP contribution >= 0.6 is 0 Å². The van der Waals surface area contributed by atoms with Crippen LogP contribution in [0.4, 0.5) is 16.2 Å². The summed E-state index contributed by atoms with van der Waals surface area (Å²) in [4.78, 5) is 27.8. The van der Waals surface area contributed by atoms with E-state index in [0.29, 0.717) is 16.9 Å². The average Bonchev–Trinajstić information content (AvgIpc) is 2.61. The van der Waals surface area contributed by atoms with Gasteiger partial charge in [0.15, 0.2) is 0 Å². The summed E-state index contributed by atoms with van der Waals surface area (Å²) < 4.78 is 4.69. The van der Waals surface area contributed by atoms with Crippen LogP contribution in [-0.4, -0.2) is 24.1 Å². The smallest absolute Gasteiger partial charge is 0.339 e. The van der Waals surface area contributed by atoms with Gasteiger partial charge in [0.05, 0.1) is 18.2 Å². The number of fused-ring (bicyclic) bond motifs is 1. The normalized spacial score (nSPS) is 10.2.